The van der Waals surface area contributed by atoms with Crippen LogP contribution in [0.15, 0.2) is 54.9 Å². The van der Waals surface area contributed by atoms with Gasteiger partial charge in [-0.05, 0) is 23.8 Å². The van der Waals surface area contributed by atoms with E-state index >= 15 is 0 Å². The van der Waals surface area contributed by atoms with Crippen molar-refractivity contribution in [1.82, 2.24) is 15.2 Å². The Balaban J connectivity index is 1.83. The van der Waals surface area contributed by atoms with Gasteiger partial charge in [-0.25, -0.2) is 0 Å². The number of hydrogen-bond donors (Lipinski definition) is 3. The summed E-state index contributed by atoms with van der Waals surface area (Å²) in [5, 5.41) is 23.1. The smallest absolute Gasteiger partial charge is 0.160 e. The van der Waals surface area contributed by atoms with Crippen LogP contribution in [-0.2, 0) is 0 Å². The third kappa shape index (κ3) is 2.09. The van der Waals surface area contributed by atoms with Gasteiger partial charge in [0.15, 0.2) is 5.65 Å². The normalized spacial score (nSPS) is 15.5. The molecule has 0 bridgehead atoms. The van der Waals surface area contributed by atoms with E-state index in [1.165, 1.54) is 0 Å². The molecule has 5 nitrogen and oxygen atoms in total. The average Bonchev–Trinajstić information content (AvgIpc) is 3.00. The van der Waals surface area contributed by atoms with E-state index in [-0.39, 0.29) is 11.8 Å². The van der Waals surface area contributed by atoms with Crippen LogP contribution in [0.1, 0.15) is 17.2 Å². The third-order valence-electron chi connectivity index (χ3n) is 4.64. The molecule has 1 unspecified atom stereocenters. The molecule has 2 aromatic carbocycles. The van der Waals surface area contributed by atoms with Gasteiger partial charge in [-0.1, -0.05) is 35.9 Å². The highest BCUT2D eigenvalue weighted by Gasteiger charge is 2.26. The Bertz CT molecular complexity index is 1120. The number of benzene rings is 2. The minimum Gasteiger partial charge on any atom is -0.506 e. The van der Waals surface area contributed by atoms with E-state index in [9.17, 15) is 5.11 Å². The summed E-state index contributed by atoms with van der Waals surface area (Å²) in [5.74, 6) is 0.0740. The predicted octanol–water partition coefficient (Wildman–Crippen LogP) is 4.50. The Morgan fingerprint density at radius 1 is 1.08 bits per heavy atom. The van der Waals surface area contributed by atoms with Crippen LogP contribution < -0.4 is 5.32 Å². The number of halogens is 1. The molecule has 0 spiro atoms. The quantitative estimate of drug-likeness (QED) is 0.473. The second kappa shape index (κ2) is 5.22. The molecule has 2 aromatic heterocycles. The fourth-order valence-corrected chi connectivity index (χ4v) is 3.66. The van der Waals surface area contributed by atoms with E-state index in [2.05, 4.69) is 26.6 Å². The third-order valence-corrected chi connectivity index (χ3v) is 4.94. The summed E-state index contributed by atoms with van der Waals surface area (Å²) in [4.78, 5) is 3.21. The zero-order valence-corrected chi connectivity index (χ0v) is 13.7. The lowest BCUT2D eigenvalue weighted by Gasteiger charge is -2.20. The standard InChI is InChI=1S/C19H13ClN4O/c20-14-7-10(5-6-16(14)25)18-13-8-21-19-17(13)12(9-22-24-19)11-3-1-2-4-15(11)23-18/h1-9,18,23,25H,(H,21,24). The van der Waals surface area contributed by atoms with Gasteiger partial charge in [0, 0.05) is 34.0 Å². The zero-order chi connectivity index (χ0) is 17.0. The number of hydrogen-bond acceptors (Lipinski definition) is 4. The highest BCUT2D eigenvalue weighted by Crippen LogP contribution is 2.43. The Hall–Kier alpha value is -3.05. The molecule has 6 heteroatoms. The fourth-order valence-electron chi connectivity index (χ4n) is 3.47. The maximum atomic E-state index is 9.75. The second-order valence-electron chi connectivity index (χ2n) is 6.06. The first-order chi connectivity index (χ1) is 12.2. The van der Waals surface area contributed by atoms with E-state index in [0.29, 0.717) is 5.02 Å². The topological polar surface area (TPSA) is 73.8 Å². The maximum absolute atomic E-state index is 9.75. The van der Waals surface area contributed by atoms with Crippen LogP contribution in [0.4, 0.5) is 5.69 Å². The molecule has 0 aliphatic carbocycles. The first kappa shape index (κ1) is 14.3. The number of rotatable bonds is 1. The molecule has 5 rings (SSSR count). The van der Waals surface area contributed by atoms with Gasteiger partial charge in [0.1, 0.15) is 5.75 Å². The van der Waals surface area contributed by atoms with Crippen molar-refractivity contribution < 1.29 is 5.11 Å². The van der Waals surface area contributed by atoms with Crippen molar-refractivity contribution in [3.63, 3.8) is 0 Å². The summed E-state index contributed by atoms with van der Waals surface area (Å²) in [6.45, 7) is 0. The lowest BCUT2D eigenvalue weighted by molar-refractivity contribution is 0.475. The lowest BCUT2D eigenvalue weighted by atomic mass is 9.97. The molecule has 122 valence electrons. The molecule has 25 heavy (non-hydrogen) atoms. The Kier molecular flexibility index (Phi) is 2.99. The molecule has 3 N–H and O–H groups in total. The Morgan fingerprint density at radius 3 is 2.84 bits per heavy atom. The Morgan fingerprint density at radius 2 is 1.96 bits per heavy atom. The largest absolute Gasteiger partial charge is 0.506 e. The van der Waals surface area contributed by atoms with E-state index in [0.717, 1.165) is 39.0 Å². The number of anilines is 1. The van der Waals surface area contributed by atoms with Crippen molar-refractivity contribution in [2.75, 3.05) is 5.32 Å². The molecule has 1 aliphatic rings. The number of aromatic amines is 1. The molecule has 3 heterocycles. The molecule has 0 fully saturated rings. The first-order valence-electron chi connectivity index (χ1n) is 7.89. The lowest BCUT2D eigenvalue weighted by Crippen LogP contribution is -2.11. The predicted molar refractivity (Wildman–Crippen MR) is 97.9 cm³/mol. The summed E-state index contributed by atoms with van der Waals surface area (Å²) in [6.07, 6.45) is 3.75. The highest BCUT2D eigenvalue weighted by molar-refractivity contribution is 6.32. The number of aromatic hydroxyl groups is 1. The molecule has 1 aliphatic heterocycles. The number of phenolic OH excluding ortho intramolecular Hbond substituents is 1. The van der Waals surface area contributed by atoms with Gasteiger partial charge in [-0.2, -0.15) is 5.10 Å². The van der Waals surface area contributed by atoms with E-state index in [1.54, 1.807) is 18.3 Å². The van der Waals surface area contributed by atoms with Crippen molar-refractivity contribution in [1.29, 1.82) is 0 Å². The number of H-pyrrole nitrogens is 1. The monoisotopic (exact) mass is 348 g/mol. The van der Waals surface area contributed by atoms with Gasteiger partial charge in [0.05, 0.1) is 17.3 Å². The minimum absolute atomic E-state index is 0.0740. The minimum atomic E-state index is -0.126. The number of para-hydroxylation sites is 1. The van der Waals surface area contributed by atoms with Crippen molar-refractivity contribution in [3.8, 4) is 16.9 Å². The van der Waals surface area contributed by atoms with E-state index in [1.807, 2.05) is 30.5 Å². The molecular formula is C19H13ClN4O. The van der Waals surface area contributed by atoms with Gasteiger partial charge in [0.25, 0.3) is 0 Å². The first-order valence-corrected chi connectivity index (χ1v) is 8.27. The second-order valence-corrected chi connectivity index (χ2v) is 6.47. The summed E-state index contributed by atoms with van der Waals surface area (Å²) < 4.78 is 0. The van der Waals surface area contributed by atoms with E-state index in [4.69, 9.17) is 11.6 Å². The van der Waals surface area contributed by atoms with Crippen LogP contribution in [0, 0.1) is 0 Å². The number of fused-ring (bicyclic) bond motifs is 2. The highest BCUT2D eigenvalue weighted by atomic mass is 35.5. The van der Waals surface area contributed by atoms with Gasteiger partial charge in [-0.15, -0.1) is 5.10 Å². The van der Waals surface area contributed by atoms with Crippen LogP contribution in [0.5, 0.6) is 5.75 Å². The number of aromatic nitrogens is 3. The van der Waals surface area contributed by atoms with Gasteiger partial charge in [0.2, 0.25) is 0 Å². The molecule has 4 aromatic rings. The van der Waals surface area contributed by atoms with Crippen LogP contribution in [0.25, 0.3) is 22.2 Å². The summed E-state index contributed by atoms with van der Waals surface area (Å²) >= 11 is 6.14. The molecule has 0 amide bonds. The summed E-state index contributed by atoms with van der Waals surface area (Å²) in [6, 6.07) is 13.3. The zero-order valence-electron chi connectivity index (χ0n) is 13.0. The van der Waals surface area contributed by atoms with Gasteiger partial charge < -0.3 is 15.4 Å². The summed E-state index contributed by atoms with van der Waals surface area (Å²) in [7, 11) is 0. The van der Waals surface area contributed by atoms with E-state index < -0.39 is 0 Å². The maximum Gasteiger partial charge on any atom is 0.160 e. The van der Waals surface area contributed by atoms with Crippen LogP contribution in [0.2, 0.25) is 5.02 Å². The molecular weight excluding hydrogens is 336 g/mol. The van der Waals surface area contributed by atoms with Crippen LogP contribution in [0.3, 0.4) is 0 Å². The molecule has 0 saturated heterocycles. The average molecular weight is 349 g/mol. The fraction of sp³-hybridized carbons (Fsp3) is 0.0526. The van der Waals surface area contributed by atoms with Crippen LogP contribution >= 0.6 is 11.6 Å². The summed E-state index contributed by atoms with van der Waals surface area (Å²) in [5.41, 5.74) is 5.91. The number of nitrogens with one attached hydrogen (secondary N) is 2. The van der Waals surface area contributed by atoms with Crippen LogP contribution in [-0.4, -0.2) is 20.3 Å². The van der Waals surface area contributed by atoms with Gasteiger partial charge >= 0.3 is 0 Å². The van der Waals surface area contributed by atoms with Crippen molar-refractivity contribution in [2.45, 2.75) is 6.04 Å². The molecule has 1 atom stereocenters. The SMILES string of the molecule is Oc1ccc(C2Nc3ccccc3-c3cnnc4[nH]cc2c34)cc1Cl. The molecule has 0 radical (unpaired) electrons. The van der Waals surface area contributed by atoms with Crippen molar-refractivity contribution >= 4 is 28.3 Å². The van der Waals surface area contributed by atoms with Crippen molar-refractivity contribution in [2.24, 2.45) is 0 Å². The molecule has 0 saturated carbocycles. The van der Waals surface area contributed by atoms with Gasteiger partial charge in [-0.3, -0.25) is 0 Å². The number of nitrogens with zero attached hydrogens (tertiary/aromatic N) is 2. The number of phenols is 1. The van der Waals surface area contributed by atoms with Crippen molar-refractivity contribution in [3.05, 3.63) is 71.0 Å². The Labute approximate surface area is 148 Å².